The second kappa shape index (κ2) is 5.74. The van der Waals surface area contributed by atoms with Crippen LogP contribution in [0.4, 0.5) is 0 Å². The molecule has 3 rings (SSSR count). The molecule has 1 aromatic carbocycles. The Labute approximate surface area is 128 Å². The fourth-order valence-electron chi connectivity index (χ4n) is 1.88. The Kier molecular flexibility index (Phi) is 4.01. The number of aromatic nitrogens is 2. The molecule has 0 aliphatic carbocycles. The fourth-order valence-corrected chi connectivity index (χ4v) is 2.62. The van der Waals surface area contributed by atoms with Gasteiger partial charge in [-0.05, 0) is 40.8 Å². The molecular formula is C12H11ClIN3O2. The van der Waals surface area contributed by atoms with Gasteiger partial charge in [-0.1, -0.05) is 16.8 Å². The van der Waals surface area contributed by atoms with E-state index in [-0.39, 0.29) is 6.04 Å². The smallest absolute Gasteiger partial charge is 0.259 e. The highest BCUT2D eigenvalue weighted by Crippen LogP contribution is 2.27. The van der Waals surface area contributed by atoms with Crippen molar-refractivity contribution in [1.82, 2.24) is 15.5 Å². The van der Waals surface area contributed by atoms with Crippen molar-refractivity contribution in [3.05, 3.63) is 32.6 Å². The number of benzene rings is 1. The zero-order valence-electron chi connectivity index (χ0n) is 9.90. The first-order valence-electron chi connectivity index (χ1n) is 5.84. The zero-order valence-corrected chi connectivity index (χ0v) is 12.8. The van der Waals surface area contributed by atoms with E-state index in [4.69, 9.17) is 20.9 Å². The molecule has 1 N–H and O–H groups in total. The van der Waals surface area contributed by atoms with E-state index < -0.39 is 0 Å². The number of nitrogens with one attached hydrogen (secondary N) is 1. The topological polar surface area (TPSA) is 60.2 Å². The third-order valence-corrected chi connectivity index (χ3v) is 4.01. The number of ether oxygens (including phenoxy) is 1. The first kappa shape index (κ1) is 13.3. The van der Waals surface area contributed by atoms with Crippen LogP contribution in [0.15, 0.2) is 22.7 Å². The lowest BCUT2D eigenvalue weighted by Gasteiger charge is -2.20. The van der Waals surface area contributed by atoms with E-state index in [0.29, 0.717) is 30.0 Å². The summed E-state index contributed by atoms with van der Waals surface area (Å²) in [5, 5.41) is 7.95. The number of hydrogen-bond acceptors (Lipinski definition) is 5. The van der Waals surface area contributed by atoms with Gasteiger partial charge in [-0.15, -0.1) is 0 Å². The van der Waals surface area contributed by atoms with Crippen LogP contribution in [0.5, 0.6) is 0 Å². The molecule has 7 heteroatoms. The summed E-state index contributed by atoms with van der Waals surface area (Å²) in [6.07, 6.45) is 0. The maximum atomic E-state index is 6.00. The van der Waals surface area contributed by atoms with Crippen LogP contribution in [0.1, 0.15) is 11.9 Å². The molecule has 1 atom stereocenters. The highest BCUT2D eigenvalue weighted by atomic mass is 127. The maximum Gasteiger partial charge on any atom is 0.259 e. The SMILES string of the molecule is Clc1ccc(I)c(-c2nc(C3COCCN3)no2)c1. The molecule has 1 aromatic heterocycles. The van der Waals surface area contributed by atoms with Gasteiger partial charge < -0.3 is 14.6 Å². The summed E-state index contributed by atoms with van der Waals surface area (Å²) in [4.78, 5) is 4.42. The van der Waals surface area contributed by atoms with Crippen molar-refractivity contribution >= 4 is 34.2 Å². The van der Waals surface area contributed by atoms with Crippen LogP contribution < -0.4 is 5.32 Å². The third kappa shape index (κ3) is 2.91. The molecule has 0 bridgehead atoms. The number of morpholine rings is 1. The largest absolute Gasteiger partial charge is 0.378 e. The standard InChI is InChI=1S/C12H11ClIN3O2/c13-7-1-2-9(14)8(5-7)12-16-11(17-19-12)10-6-18-4-3-15-10/h1-2,5,10,15H,3-4,6H2. The molecule has 5 nitrogen and oxygen atoms in total. The van der Waals surface area contributed by atoms with Crippen LogP contribution in [-0.4, -0.2) is 29.9 Å². The van der Waals surface area contributed by atoms with E-state index in [1.807, 2.05) is 18.2 Å². The summed E-state index contributed by atoms with van der Waals surface area (Å²) in [5.41, 5.74) is 0.851. The summed E-state index contributed by atoms with van der Waals surface area (Å²) >= 11 is 8.21. The Morgan fingerprint density at radius 3 is 3.11 bits per heavy atom. The van der Waals surface area contributed by atoms with Gasteiger partial charge >= 0.3 is 0 Å². The number of rotatable bonds is 2. The fraction of sp³-hybridized carbons (Fsp3) is 0.333. The quantitative estimate of drug-likeness (QED) is 0.798. The van der Waals surface area contributed by atoms with Gasteiger partial charge in [0.2, 0.25) is 0 Å². The van der Waals surface area contributed by atoms with Crippen molar-refractivity contribution in [2.45, 2.75) is 6.04 Å². The van der Waals surface area contributed by atoms with Gasteiger partial charge in [-0.25, -0.2) is 0 Å². The van der Waals surface area contributed by atoms with E-state index in [9.17, 15) is 0 Å². The monoisotopic (exact) mass is 391 g/mol. The van der Waals surface area contributed by atoms with Crippen molar-refractivity contribution in [2.75, 3.05) is 19.8 Å². The predicted octanol–water partition coefficient (Wildman–Crippen LogP) is 2.66. The molecule has 100 valence electrons. The van der Waals surface area contributed by atoms with Crippen molar-refractivity contribution in [3.63, 3.8) is 0 Å². The first-order chi connectivity index (χ1) is 9.24. The van der Waals surface area contributed by atoms with Gasteiger partial charge in [-0.2, -0.15) is 4.98 Å². The molecule has 0 radical (unpaired) electrons. The minimum absolute atomic E-state index is 0.0110. The molecular weight excluding hydrogens is 381 g/mol. The number of halogens is 2. The van der Waals surface area contributed by atoms with Gasteiger partial charge in [0.25, 0.3) is 5.89 Å². The summed E-state index contributed by atoms with van der Waals surface area (Å²) in [6, 6.07) is 5.57. The summed E-state index contributed by atoms with van der Waals surface area (Å²) < 4.78 is 11.7. The molecule has 0 spiro atoms. The Morgan fingerprint density at radius 2 is 2.32 bits per heavy atom. The number of nitrogens with zero attached hydrogens (tertiary/aromatic N) is 2. The summed E-state index contributed by atoms with van der Waals surface area (Å²) in [6.45, 7) is 2.07. The molecule has 1 fully saturated rings. The third-order valence-electron chi connectivity index (χ3n) is 2.83. The van der Waals surface area contributed by atoms with Crippen LogP contribution in [0.25, 0.3) is 11.5 Å². The second-order valence-corrected chi connectivity index (χ2v) is 5.76. The maximum absolute atomic E-state index is 6.00. The van der Waals surface area contributed by atoms with Gasteiger partial charge in [0.15, 0.2) is 5.82 Å². The molecule has 0 saturated carbocycles. The average Bonchev–Trinajstić information content (AvgIpc) is 2.92. The van der Waals surface area contributed by atoms with Gasteiger partial charge in [0.05, 0.1) is 24.8 Å². The van der Waals surface area contributed by atoms with Crippen LogP contribution in [0, 0.1) is 3.57 Å². The van der Waals surface area contributed by atoms with Gasteiger partial charge in [0, 0.05) is 15.1 Å². The summed E-state index contributed by atoms with van der Waals surface area (Å²) in [5.74, 6) is 1.10. The van der Waals surface area contributed by atoms with E-state index in [0.717, 1.165) is 15.7 Å². The molecule has 19 heavy (non-hydrogen) atoms. The van der Waals surface area contributed by atoms with Crippen LogP contribution in [-0.2, 0) is 4.74 Å². The zero-order chi connectivity index (χ0) is 13.2. The first-order valence-corrected chi connectivity index (χ1v) is 7.30. The van der Waals surface area contributed by atoms with E-state index in [1.165, 1.54) is 0 Å². The molecule has 1 aliphatic heterocycles. The minimum Gasteiger partial charge on any atom is -0.378 e. The molecule has 0 amide bonds. The van der Waals surface area contributed by atoms with Crippen molar-refractivity contribution in [2.24, 2.45) is 0 Å². The van der Waals surface area contributed by atoms with E-state index in [2.05, 4.69) is 38.0 Å². The summed E-state index contributed by atoms with van der Waals surface area (Å²) in [7, 11) is 0. The predicted molar refractivity (Wildman–Crippen MR) is 79.0 cm³/mol. The van der Waals surface area contributed by atoms with Crippen molar-refractivity contribution in [3.8, 4) is 11.5 Å². The normalized spacial score (nSPS) is 19.6. The Bertz CT molecular complexity index is 584. The van der Waals surface area contributed by atoms with Crippen LogP contribution >= 0.6 is 34.2 Å². The second-order valence-electron chi connectivity index (χ2n) is 4.16. The Morgan fingerprint density at radius 1 is 1.42 bits per heavy atom. The highest BCUT2D eigenvalue weighted by Gasteiger charge is 2.22. The lowest BCUT2D eigenvalue weighted by Crippen LogP contribution is -2.35. The van der Waals surface area contributed by atoms with Gasteiger partial charge in [0.1, 0.15) is 0 Å². The van der Waals surface area contributed by atoms with E-state index in [1.54, 1.807) is 0 Å². The van der Waals surface area contributed by atoms with Gasteiger partial charge in [-0.3, -0.25) is 0 Å². The van der Waals surface area contributed by atoms with Crippen molar-refractivity contribution < 1.29 is 9.26 Å². The molecule has 2 heterocycles. The lowest BCUT2D eigenvalue weighted by atomic mass is 10.2. The van der Waals surface area contributed by atoms with Crippen LogP contribution in [0.3, 0.4) is 0 Å². The molecule has 1 saturated heterocycles. The molecule has 1 aliphatic rings. The molecule has 2 aromatic rings. The Hall–Kier alpha value is -0.700. The number of hydrogen-bond donors (Lipinski definition) is 1. The van der Waals surface area contributed by atoms with Crippen LogP contribution in [0.2, 0.25) is 5.02 Å². The van der Waals surface area contributed by atoms with E-state index >= 15 is 0 Å². The lowest BCUT2D eigenvalue weighted by molar-refractivity contribution is 0.0734. The minimum atomic E-state index is -0.0110. The van der Waals surface area contributed by atoms with Crippen molar-refractivity contribution in [1.29, 1.82) is 0 Å². The highest BCUT2D eigenvalue weighted by molar-refractivity contribution is 14.1. The average molecular weight is 392 g/mol. The molecule has 1 unspecified atom stereocenters. The Balaban J connectivity index is 1.89.